The van der Waals surface area contributed by atoms with E-state index in [9.17, 15) is 9.18 Å². The fourth-order valence-corrected chi connectivity index (χ4v) is 2.54. The van der Waals surface area contributed by atoms with Gasteiger partial charge in [-0.3, -0.25) is 0 Å². The minimum atomic E-state index is -0.267. The minimum absolute atomic E-state index is 0.224. The summed E-state index contributed by atoms with van der Waals surface area (Å²) in [7, 11) is 0. The first-order valence-corrected chi connectivity index (χ1v) is 6.20. The third-order valence-electron chi connectivity index (χ3n) is 3.47. The van der Waals surface area contributed by atoms with E-state index >= 15 is 0 Å². The zero-order valence-corrected chi connectivity index (χ0v) is 10.3. The first-order chi connectivity index (χ1) is 9.70. The van der Waals surface area contributed by atoms with Crippen LogP contribution in [0.15, 0.2) is 47.4 Å². The van der Waals surface area contributed by atoms with Crippen LogP contribution in [0.5, 0.6) is 0 Å². The molecule has 4 rings (SSSR count). The molecule has 0 aliphatic heterocycles. The molecule has 2 heterocycles. The zero-order chi connectivity index (χ0) is 13.7. The molecule has 20 heavy (non-hydrogen) atoms. The first-order valence-electron chi connectivity index (χ1n) is 6.20. The van der Waals surface area contributed by atoms with Gasteiger partial charge in [-0.1, -0.05) is 6.07 Å². The van der Waals surface area contributed by atoms with Crippen molar-refractivity contribution in [3.63, 3.8) is 0 Å². The van der Waals surface area contributed by atoms with Crippen LogP contribution >= 0.6 is 0 Å². The van der Waals surface area contributed by atoms with Crippen molar-refractivity contribution in [1.29, 1.82) is 0 Å². The van der Waals surface area contributed by atoms with Crippen LogP contribution in [0.3, 0.4) is 0 Å². The number of benzene rings is 2. The number of aromatic amines is 3. The molecule has 98 valence electrons. The Hall–Kier alpha value is -2.82. The molecule has 0 bridgehead atoms. The van der Waals surface area contributed by atoms with Crippen LogP contribution in [0, 0.1) is 5.82 Å². The van der Waals surface area contributed by atoms with Crippen molar-refractivity contribution < 1.29 is 4.39 Å². The molecule has 0 spiro atoms. The van der Waals surface area contributed by atoms with Gasteiger partial charge in [0.25, 0.3) is 0 Å². The third kappa shape index (κ3) is 1.56. The lowest BCUT2D eigenvalue weighted by molar-refractivity contribution is 0.629. The van der Waals surface area contributed by atoms with E-state index < -0.39 is 0 Å². The van der Waals surface area contributed by atoms with E-state index in [4.69, 9.17) is 0 Å². The Morgan fingerprint density at radius 2 is 1.75 bits per heavy atom. The van der Waals surface area contributed by atoms with Crippen molar-refractivity contribution in [2.45, 2.75) is 0 Å². The predicted molar refractivity (Wildman–Crippen MR) is 76.2 cm³/mol. The summed E-state index contributed by atoms with van der Waals surface area (Å²) in [5, 5.41) is 0.948. The fourth-order valence-electron chi connectivity index (χ4n) is 2.54. The van der Waals surface area contributed by atoms with Gasteiger partial charge in [0.2, 0.25) is 0 Å². The molecule has 3 N–H and O–H groups in total. The van der Waals surface area contributed by atoms with Gasteiger partial charge in [-0.05, 0) is 35.9 Å². The molecule has 0 amide bonds. The number of hydrogen-bond acceptors (Lipinski definition) is 1. The standard InChI is InChI=1S/C15H10FN3O/c16-9-2-3-10-11(7-17-13(10)6-9)8-1-4-12-14(5-8)19-15(20)18-12/h1-7,17H,(H2,18,19,20). The number of rotatable bonds is 1. The number of hydrogen-bond donors (Lipinski definition) is 3. The molecule has 5 heteroatoms. The predicted octanol–water partition coefficient (Wildman–Crippen LogP) is 3.14. The van der Waals surface area contributed by atoms with E-state index in [0.29, 0.717) is 0 Å². The molecule has 0 radical (unpaired) electrons. The van der Waals surface area contributed by atoms with Gasteiger partial charge >= 0.3 is 5.69 Å². The molecule has 0 atom stereocenters. The van der Waals surface area contributed by atoms with Gasteiger partial charge in [0, 0.05) is 22.7 Å². The Morgan fingerprint density at radius 1 is 0.900 bits per heavy atom. The van der Waals surface area contributed by atoms with Crippen molar-refractivity contribution in [2.75, 3.05) is 0 Å². The Kier molecular flexibility index (Phi) is 2.12. The molecule has 0 unspecified atom stereocenters. The first kappa shape index (κ1) is 11.0. The lowest BCUT2D eigenvalue weighted by Crippen LogP contribution is -1.99. The number of halogens is 1. The van der Waals surface area contributed by atoms with E-state index in [1.165, 1.54) is 12.1 Å². The smallest absolute Gasteiger partial charge is 0.323 e. The Labute approximate surface area is 112 Å². The Morgan fingerprint density at radius 3 is 2.65 bits per heavy atom. The maximum atomic E-state index is 13.2. The second-order valence-electron chi connectivity index (χ2n) is 4.73. The van der Waals surface area contributed by atoms with Crippen molar-refractivity contribution in [3.05, 3.63) is 58.9 Å². The maximum Gasteiger partial charge on any atom is 0.323 e. The van der Waals surface area contributed by atoms with Crippen LogP contribution in [-0.2, 0) is 0 Å². The summed E-state index contributed by atoms with van der Waals surface area (Å²) in [4.78, 5) is 19.8. The summed E-state index contributed by atoms with van der Waals surface area (Å²) in [5.41, 5.74) is 3.99. The Bertz CT molecular complexity index is 993. The highest BCUT2D eigenvalue weighted by molar-refractivity contribution is 5.97. The normalized spacial score (nSPS) is 11.4. The van der Waals surface area contributed by atoms with Crippen molar-refractivity contribution in [2.24, 2.45) is 0 Å². The molecule has 4 aromatic rings. The number of fused-ring (bicyclic) bond motifs is 2. The zero-order valence-electron chi connectivity index (χ0n) is 10.3. The topological polar surface area (TPSA) is 64.4 Å². The van der Waals surface area contributed by atoms with Crippen LogP contribution < -0.4 is 5.69 Å². The minimum Gasteiger partial charge on any atom is -0.360 e. The second-order valence-corrected chi connectivity index (χ2v) is 4.73. The van der Waals surface area contributed by atoms with Crippen LogP contribution in [0.4, 0.5) is 4.39 Å². The van der Waals surface area contributed by atoms with E-state index in [-0.39, 0.29) is 11.5 Å². The lowest BCUT2D eigenvalue weighted by Gasteiger charge is -2.00. The van der Waals surface area contributed by atoms with E-state index in [2.05, 4.69) is 15.0 Å². The van der Waals surface area contributed by atoms with Crippen LogP contribution in [0.1, 0.15) is 0 Å². The summed E-state index contributed by atoms with van der Waals surface area (Å²) in [6.07, 6.45) is 1.84. The van der Waals surface area contributed by atoms with Crippen molar-refractivity contribution >= 4 is 21.9 Å². The monoisotopic (exact) mass is 267 g/mol. The van der Waals surface area contributed by atoms with Gasteiger partial charge < -0.3 is 15.0 Å². The van der Waals surface area contributed by atoms with Crippen LogP contribution in [-0.4, -0.2) is 15.0 Å². The molecule has 0 saturated heterocycles. The van der Waals surface area contributed by atoms with Gasteiger partial charge in [-0.2, -0.15) is 0 Å². The molecular formula is C15H10FN3O. The largest absolute Gasteiger partial charge is 0.360 e. The molecule has 2 aromatic carbocycles. The van der Waals surface area contributed by atoms with Gasteiger partial charge in [0.05, 0.1) is 11.0 Å². The van der Waals surface area contributed by atoms with Crippen molar-refractivity contribution in [3.8, 4) is 11.1 Å². The lowest BCUT2D eigenvalue weighted by atomic mass is 10.0. The number of H-pyrrole nitrogens is 3. The summed E-state index contributed by atoms with van der Waals surface area (Å²) in [6.45, 7) is 0. The molecule has 4 nitrogen and oxygen atoms in total. The molecule has 2 aromatic heterocycles. The maximum absolute atomic E-state index is 13.2. The average molecular weight is 267 g/mol. The highest BCUT2D eigenvalue weighted by Crippen LogP contribution is 2.30. The van der Waals surface area contributed by atoms with Gasteiger partial charge in [-0.25, -0.2) is 9.18 Å². The van der Waals surface area contributed by atoms with Gasteiger partial charge in [0.1, 0.15) is 5.82 Å². The second kappa shape index (κ2) is 3.84. The van der Waals surface area contributed by atoms with Crippen molar-refractivity contribution in [1.82, 2.24) is 15.0 Å². The van der Waals surface area contributed by atoms with Crippen LogP contribution in [0.2, 0.25) is 0 Å². The molecule has 0 fully saturated rings. The van der Waals surface area contributed by atoms with E-state index in [1.54, 1.807) is 6.07 Å². The van der Waals surface area contributed by atoms with E-state index in [1.807, 2.05) is 24.4 Å². The molecule has 0 aliphatic carbocycles. The molecule has 0 saturated carbocycles. The average Bonchev–Trinajstić information content (AvgIpc) is 2.99. The van der Waals surface area contributed by atoms with Crippen LogP contribution in [0.25, 0.3) is 33.1 Å². The number of nitrogens with one attached hydrogen (secondary N) is 3. The number of imidazole rings is 1. The summed E-state index contributed by atoms with van der Waals surface area (Å²) in [6, 6.07) is 10.3. The SMILES string of the molecule is O=c1[nH]c2ccc(-c3c[nH]c4cc(F)ccc34)cc2[nH]1. The molecule has 0 aliphatic rings. The summed E-state index contributed by atoms with van der Waals surface area (Å²) in [5.74, 6) is -0.267. The number of aromatic nitrogens is 3. The summed E-state index contributed by atoms with van der Waals surface area (Å²) < 4.78 is 13.2. The highest BCUT2D eigenvalue weighted by atomic mass is 19.1. The van der Waals surface area contributed by atoms with E-state index in [0.717, 1.165) is 33.1 Å². The molecular weight excluding hydrogens is 257 g/mol. The van der Waals surface area contributed by atoms with Gasteiger partial charge in [0.15, 0.2) is 0 Å². The highest BCUT2D eigenvalue weighted by Gasteiger charge is 2.08. The van der Waals surface area contributed by atoms with Gasteiger partial charge in [-0.15, -0.1) is 0 Å². The Balaban J connectivity index is 1.98. The third-order valence-corrected chi connectivity index (χ3v) is 3.47. The fraction of sp³-hybridized carbons (Fsp3) is 0. The summed E-state index contributed by atoms with van der Waals surface area (Å²) >= 11 is 0. The quantitative estimate of drug-likeness (QED) is 0.487.